The van der Waals surface area contributed by atoms with E-state index >= 15 is 0 Å². The minimum atomic E-state index is -0.693. The summed E-state index contributed by atoms with van der Waals surface area (Å²) in [6.07, 6.45) is 3.49. The molecule has 1 aliphatic rings. The molecular weight excluding hydrogens is 344 g/mol. The van der Waals surface area contributed by atoms with Crippen LogP contribution in [0.1, 0.15) is 35.7 Å². The molecule has 3 aromatic rings. The zero-order chi connectivity index (χ0) is 18.1. The van der Waals surface area contributed by atoms with Gasteiger partial charge in [-0.1, -0.05) is 24.3 Å². The van der Waals surface area contributed by atoms with Crippen molar-refractivity contribution in [1.82, 2.24) is 9.88 Å². The van der Waals surface area contributed by atoms with Crippen LogP contribution in [0, 0.1) is 12.8 Å². The maximum Gasteiger partial charge on any atom is 0.307 e. The van der Waals surface area contributed by atoms with Gasteiger partial charge in [0.1, 0.15) is 0 Å². The fraction of sp³-hybridized carbons (Fsp3) is 0.333. The minimum absolute atomic E-state index is 0.00509. The van der Waals surface area contributed by atoms with Gasteiger partial charge in [0, 0.05) is 17.4 Å². The topological polar surface area (TPSA) is 53.4 Å². The van der Waals surface area contributed by atoms with Gasteiger partial charge < -0.3 is 5.11 Å². The average Bonchev–Trinajstić information content (AvgIpc) is 3.08. The van der Waals surface area contributed by atoms with Gasteiger partial charge in [0.05, 0.1) is 17.7 Å². The third kappa shape index (κ3) is 3.13. The average molecular weight is 366 g/mol. The second-order valence-electron chi connectivity index (χ2n) is 6.97. The molecule has 3 heterocycles. The van der Waals surface area contributed by atoms with E-state index in [4.69, 9.17) is 4.98 Å². The number of aromatic nitrogens is 1. The number of carboxylic acids is 1. The molecule has 1 N–H and O–H groups in total. The number of rotatable bonds is 4. The van der Waals surface area contributed by atoms with Crippen LogP contribution in [0.5, 0.6) is 0 Å². The molecule has 1 aromatic carbocycles. The number of hydrogen-bond donors (Lipinski definition) is 1. The SMILES string of the molecule is Cc1cccnc1C(c1csc2ccccc12)N1CCCC(C(=O)O)C1. The van der Waals surface area contributed by atoms with Crippen molar-refractivity contribution in [2.45, 2.75) is 25.8 Å². The van der Waals surface area contributed by atoms with Crippen molar-refractivity contribution < 1.29 is 9.90 Å². The standard InChI is InChI=1S/C21H22N2O2S/c1-14-6-4-10-22-19(14)20(23-11-5-7-15(12-23)21(24)25)17-13-26-18-9-3-2-8-16(17)18/h2-4,6,8-10,13,15,20H,5,7,11-12H2,1H3,(H,24,25). The van der Waals surface area contributed by atoms with Crippen molar-refractivity contribution in [2.75, 3.05) is 13.1 Å². The van der Waals surface area contributed by atoms with Gasteiger partial charge in [0.25, 0.3) is 0 Å². The van der Waals surface area contributed by atoms with Crippen molar-refractivity contribution in [3.63, 3.8) is 0 Å². The van der Waals surface area contributed by atoms with E-state index in [1.54, 1.807) is 11.3 Å². The minimum Gasteiger partial charge on any atom is -0.481 e. The van der Waals surface area contributed by atoms with Gasteiger partial charge in [-0.2, -0.15) is 0 Å². The lowest BCUT2D eigenvalue weighted by molar-refractivity contribution is -0.143. The highest BCUT2D eigenvalue weighted by Crippen LogP contribution is 2.39. The quantitative estimate of drug-likeness (QED) is 0.739. The molecule has 1 aliphatic heterocycles. The van der Waals surface area contributed by atoms with Gasteiger partial charge in [0.2, 0.25) is 0 Å². The van der Waals surface area contributed by atoms with Crippen LogP contribution in [0.2, 0.25) is 0 Å². The Bertz CT molecular complexity index is 936. The smallest absolute Gasteiger partial charge is 0.307 e. The molecule has 0 bridgehead atoms. The monoisotopic (exact) mass is 366 g/mol. The third-order valence-corrected chi connectivity index (χ3v) is 6.26. The van der Waals surface area contributed by atoms with Crippen LogP contribution < -0.4 is 0 Å². The fourth-order valence-electron chi connectivity index (χ4n) is 3.95. The van der Waals surface area contributed by atoms with Gasteiger partial charge in [-0.25, -0.2) is 0 Å². The lowest BCUT2D eigenvalue weighted by Crippen LogP contribution is -2.41. The van der Waals surface area contributed by atoms with Gasteiger partial charge in [0.15, 0.2) is 0 Å². The Kier molecular flexibility index (Phi) is 4.74. The molecule has 0 saturated carbocycles. The summed E-state index contributed by atoms with van der Waals surface area (Å²) >= 11 is 1.74. The second-order valence-corrected chi connectivity index (χ2v) is 7.88. The first-order chi connectivity index (χ1) is 12.6. The van der Waals surface area contributed by atoms with E-state index in [2.05, 4.69) is 47.5 Å². The number of hydrogen-bond acceptors (Lipinski definition) is 4. The van der Waals surface area contributed by atoms with Crippen LogP contribution in [-0.2, 0) is 4.79 Å². The first-order valence-corrected chi connectivity index (χ1v) is 9.87. The molecule has 2 aromatic heterocycles. The van der Waals surface area contributed by atoms with E-state index in [0.29, 0.717) is 6.54 Å². The molecule has 2 atom stereocenters. The molecular formula is C21H22N2O2S. The second kappa shape index (κ2) is 7.17. The summed E-state index contributed by atoms with van der Waals surface area (Å²) in [5, 5.41) is 13.0. The number of fused-ring (bicyclic) bond motifs is 1. The summed E-state index contributed by atoms with van der Waals surface area (Å²) in [4.78, 5) is 18.6. The van der Waals surface area contributed by atoms with E-state index in [1.807, 2.05) is 12.3 Å². The number of aryl methyl sites for hydroxylation is 1. The lowest BCUT2D eigenvalue weighted by Gasteiger charge is -2.37. The van der Waals surface area contributed by atoms with Crippen molar-refractivity contribution >= 4 is 27.4 Å². The van der Waals surface area contributed by atoms with Crippen LogP contribution in [0.3, 0.4) is 0 Å². The first-order valence-electron chi connectivity index (χ1n) is 8.99. The Morgan fingerprint density at radius 1 is 1.31 bits per heavy atom. The fourth-order valence-corrected chi connectivity index (χ4v) is 4.93. The third-order valence-electron chi connectivity index (χ3n) is 5.28. The number of carbonyl (C=O) groups is 1. The molecule has 1 fully saturated rings. The Morgan fingerprint density at radius 3 is 2.96 bits per heavy atom. The molecule has 0 radical (unpaired) electrons. The van der Waals surface area contributed by atoms with Crippen molar-refractivity contribution in [3.8, 4) is 0 Å². The number of benzene rings is 1. The number of nitrogens with zero attached hydrogens (tertiary/aromatic N) is 2. The number of piperidine rings is 1. The highest BCUT2D eigenvalue weighted by molar-refractivity contribution is 7.17. The summed E-state index contributed by atoms with van der Waals surface area (Å²) in [6.45, 7) is 3.55. The number of carboxylic acid groups (broad SMARTS) is 1. The molecule has 4 rings (SSSR count). The molecule has 0 amide bonds. The van der Waals surface area contributed by atoms with Gasteiger partial charge in [-0.05, 0) is 60.3 Å². The van der Waals surface area contributed by atoms with E-state index in [0.717, 1.165) is 30.6 Å². The lowest BCUT2D eigenvalue weighted by atomic mass is 9.92. The Labute approximate surface area is 157 Å². The van der Waals surface area contributed by atoms with Crippen molar-refractivity contribution in [1.29, 1.82) is 0 Å². The highest BCUT2D eigenvalue weighted by Gasteiger charge is 2.33. The molecule has 1 saturated heterocycles. The Balaban J connectivity index is 1.82. The molecule has 5 heteroatoms. The zero-order valence-electron chi connectivity index (χ0n) is 14.8. The summed E-state index contributed by atoms with van der Waals surface area (Å²) in [5.41, 5.74) is 3.41. The number of thiophene rings is 1. The summed E-state index contributed by atoms with van der Waals surface area (Å²) in [7, 11) is 0. The zero-order valence-corrected chi connectivity index (χ0v) is 15.6. The molecule has 2 unspecified atom stereocenters. The summed E-state index contributed by atoms with van der Waals surface area (Å²) < 4.78 is 1.26. The largest absolute Gasteiger partial charge is 0.481 e. The van der Waals surface area contributed by atoms with Crippen molar-refractivity contribution in [3.05, 3.63) is 64.8 Å². The molecule has 134 valence electrons. The van der Waals surface area contributed by atoms with E-state index in [9.17, 15) is 9.90 Å². The van der Waals surface area contributed by atoms with Crippen LogP contribution in [0.15, 0.2) is 48.0 Å². The highest BCUT2D eigenvalue weighted by atomic mass is 32.1. The van der Waals surface area contributed by atoms with Crippen LogP contribution in [-0.4, -0.2) is 34.0 Å². The Hall–Kier alpha value is -2.24. The maximum atomic E-state index is 11.6. The maximum absolute atomic E-state index is 11.6. The molecule has 4 nitrogen and oxygen atoms in total. The summed E-state index contributed by atoms with van der Waals surface area (Å²) in [5.74, 6) is -0.999. The van der Waals surface area contributed by atoms with Crippen molar-refractivity contribution in [2.24, 2.45) is 5.92 Å². The van der Waals surface area contributed by atoms with Gasteiger partial charge >= 0.3 is 5.97 Å². The number of likely N-dealkylation sites (tertiary alicyclic amines) is 1. The molecule has 26 heavy (non-hydrogen) atoms. The van der Waals surface area contributed by atoms with E-state index < -0.39 is 5.97 Å². The molecule has 0 aliphatic carbocycles. The van der Waals surface area contributed by atoms with E-state index in [1.165, 1.54) is 15.6 Å². The van der Waals surface area contributed by atoms with Gasteiger partial charge in [-0.15, -0.1) is 11.3 Å². The number of aliphatic carboxylic acids is 1. The molecule has 0 spiro atoms. The van der Waals surface area contributed by atoms with Crippen LogP contribution in [0.4, 0.5) is 0 Å². The van der Waals surface area contributed by atoms with Crippen LogP contribution >= 0.6 is 11.3 Å². The first kappa shape index (κ1) is 17.2. The Morgan fingerprint density at radius 2 is 2.15 bits per heavy atom. The van der Waals surface area contributed by atoms with Crippen LogP contribution in [0.25, 0.3) is 10.1 Å². The predicted molar refractivity (Wildman–Crippen MR) is 105 cm³/mol. The summed E-state index contributed by atoms with van der Waals surface area (Å²) in [6, 6.07) is 12.5. The number of pyridine rings is 1. The predicted octanol–water partition coefficient (Wildman–Crippen LogP) is 4.49. The van der Waals surface area contributed by atoms with Gasteiger partial charge in [-0.3, -0.25) is 14.7 Å². The normalized spacial score (nSPS) is 19.5. The van der Waals surface area contributed by atoms with E-state index in [-0.39, 0.29) is 12.0 Å².